The number of fused-ring (bicyclic) bond motifs is 1. The molecule has 0 aliphatic heterocycles. The molecule has 0 aliphatic carbocycles. The Bertz CT molecular complexity index is 683. The van der Waals surface area contributed by atoms with Gasteiger partial charge in [-0.15, -0.1) is 0 Å². The predicted octanol–water partition coefficient (Wildman–Crippen LogP) is 0.00150. The van der Waals surface area contributed by atoms with Crippen LogP contribution in [0.15, 0.2) is 18.2 Å². The Kier molecular flexibility index (Phi) is 4.15. The SMILES string of the molecule is CC(=O)NCC(O)C(O)c1[nH]nc2cc([N+](=O)[O-])ccc12. The van der Waals surface area contributed by atoms with Gasteiger partial charge in [-0.25, -0.2) is 0 Å². The van der Waals surface area contributed by atoms with Gasteiger partial charge < -0.3 is 15.5 Å². The molecule has 2 unspecified atom stereocenters. The molecule has 2 rings (SSSR count). The van der Waals surface area contributed by atoms with Crippen molar-refractivity contribution in [3.05, 3.63) is 34.0 Å². The number of hydrogen-bond donors (Lipinski definition) is 4. The van der Waals surface area contributed by atoms with Crippen LogP contribution in [0.4, 0.5) is 5.69 Å². The topological polar surface area (TPSA) is 141 Å². The minimum atomic E-state index is -1.30. The summed E-state index contributed by atoms with van der Waals surface area (Å²) >= 11 is 0. The number of benzene rings is 1. The highest BCUT2D eigenvalue weighted by molar-refractivity contribution is 5.83. The van der Waals surface area contributed by atoms with Gasteiger partial charge in [-0.1, -0.05) is 0 Å². The zero-order chi connectivity index (χ0) is 15.6. The van der Waals surface area contributed by atoms with E-state index in [4.69, 9.17) is 0 Å². The molecule has 0 spiro atoms. The van der Waals surface area contributed by atoms with E-state index >= 15 is 0 Å². The quantitative estimate of drug-likeness (QED) is 0.452. The van der Waals surface area contributed by atoms with Crippen LogP contribution in [0.3, 0.4) is 0 Å². The molecule has 9 nitrogen and oxygen atoms in total. The van der Waals surface area contributed by atoms with Crippen LogP contribution in [0.25, 0.3) is 10.9 Å². The van der Waals surface area contributed by atoms with E-state index in [0.29, 0.717) is 10.9 Å². The highest BCUT2D eigenvalue weighted by Crippen LogP contribution is 2.26. The number of carbonyl (C=O) groups excluding carboxylic acids is 1. The molecule has 0 aliphatic rings. The van der Waals surface area contributed by atoms with Gasteiger partial charge in [0.25, 0.3) is 5.69 Å². The van der Waals surface area contributed by atoms with Crippen LogP contribution in [0, 0.1) is 10.1 Å². The number of nitro benzene ring substituents is 1. The van der Waals surface area contributed by atoms with Crippen molar-refractivity contribution in [1.82, 2.24) is 15.5 Å². The number of aliphatic hydroxyl groups is 2. The number of aromatic amines is 1. The average Bonchev–Trinajstić information content (AvgIpc) is 2.86. The Balaban J connectivity index is 2.25. The molecule has 0 saturated carbocycles. The zero-order valence-corrected chi connectivity index (χ0v) is 11.1. The molecule has 2 aromatic rings. The van der Waals surface area contributed by atoms with Gasteiger partial charge in [0.05, 0.1) is 16.1 Å². The first-order valence-corrected chi connectivity index (χ1v) is 6.13. The third kappa shape index (κ3) is 3.15. The van der Waals surface area contributed by atoms with E-state index in [1.165, 1.54) is 25.1 Å². The van der Waals surface area contributed by atoms with Crippen molar-refractivity contribution in [3.8, 4) is 0 Å². The third-order valence-corrected chi connectivity index (χ3v) is 3.00. The number of nitro groups is 1. The van der Waals surface area contributed by atoms with Crippen LogP contribution in [0.1, 0.15) is 18.7 Å². The number of aromatic nitrogens is 2. The molecule has 1 heterocycles. The molecule has 0 saturated heterocycles. The maximum absolute atomic E-state index is 10.8. The number of H-pyrrole nitrogens is 1. The van der Waals surface area contributed by atoms with Crippen molar-refractivity contribution in [2.24, 2.45) is 0 Å². The van der Waals surface area contributed by atoms with Gasteiger partial charge in [-0.2, -0.15) is 5.10 Å². The Morgan fingerprint density at radius 2 is 2.24 bits per heavy atom. The molecular formula is C12H14N4O5. The normalized spacial score (nSPS) is 13.9. The fourth-order valence-electron chi connectivity index (χ4n) is 1.91. The molecule has 4 N–H and O–H groups in total. The van der Waals surface area contributed by atoms with Crippen LogP contribution in [-0.2, 0) is 4.79 Å². The molecule has 0 radical (unpaired) electrons. The average molecular weight is 294 g/mol. The highest BCUT2D eigenvalue weighted by atomic mass is 16.6. The Labute approximate surface area is 118 Å². The summed E-state index contributed by atoms with van der Waals surface area (Å²) in [6.07, 6.45) is -2.53. The van der Waals surface area contributed by atoms with Gasteiger partial charge in [0.15, 0.2) is 0 Å². The van der Waals surface area contributed by atoms with Crippen molar-refractivity contribution >= 4 is 22.5 Å². The summed E-state index contributed by atoms with van der Waals surface area (Å²) in [5.74, 6) is -0.327. The smallest absolute Gasteiger partial charge is 0.271 e. The molecule has 1 aromatic carbocycles. The van der Waals surface area contributed by atoms with Crippen molar-refractivity contribution in [2.45, 2.75) is 19.1 Å². The van der Waals surface area contributed by atoms with Crippen LogP contribution in [-0.4, -0.2) is 43.9 Å². The van der Waals surface area contributed by atoms with Gasteiger partial charge in [-0.05, 0) is 6.07 Å². The van der Waals surface area contributed by atoms with Gasteiger partial charge in [0, 0.05) is 31.0 Å². The van der Waals surface area contributed by atoms with Gasteiger partial charge in [0.2, 0.25) is 5.91 Å². The summed E-state index contributed by atoms with van der Waals surface area (Å²) in [6, 6.07) is 4.00. The lowest BCUT2D eigenvalue weighted by Gasteiger charge is -2.16. The maximum Gasteiger partial charge on any atom is 0.271 e. The first-order valence-electron chi connectivity index (χ1n) is 6.13. The number of non-ortho nitro benzene ring substituents is 1. The lowest BCUT2D eigenvalue weighted by molar-refractivity contribution is -0.384. The number of rotatable bonds is 5. The maximum atomic E-state index is 10.8. The fourth-order valence-corrected chi connectivity index (χ4v) is 1.91. The predicted molar refractivity (Wildman–Crippen MR) is 72.4 cm³/mol. The number of nitrogens with zero attached hydrogens (tertiary/aromatic N) is 2. The van der Waals surface area contributed by atoms with Gasteiger partial charge >= 0.3 is 0 Å². The van der Waals surface area contributed by atoms with E-state index in [1.807, 2.05) is 0 Å². The van der Waals surface area contributed by atoms with E-state index in [9.17, 15) is 25.1 Å². The first-order chi connectivity index (χ1) is 9.90. The van der Waals surface area contributed by atoms with E-state index in [1.54, 1.807) is 0 Å². The second-order valence-electron chi connectivity index (χ2n) is 4.55. The molecule has 2 atom stereocenters. The summed E-state index contributed by atoms with van der Waals surface area (Å²) < 4.78 is 0. The number of amides is 1. The highest BCUT2D eigenvalue weighted by Gasteiger charge is 2.23. The van der Waals surface area contributed by atoms with Crippen LogP contribution in [0.2, 0.25) is 0 Å². The van der Waals surface area contributed by atoms with Crippen molar-refractivity contribution in [1.29, 1.82) is 0 Å². The molecule has 1 amide bonds. The Morgan fingerprint density at radius 1 is 1.52 bits per heavy atom. The third-order valence-electron chi connectivity index (χ3n) is 3.00. The van der Waals surface area contributed by atoms with Crippen molar-refractivity contribution in [3.63, 3.8) is 0 Å². The minimum Gasteiger partial charge on any atom is -0.388 e. The van der Waals surface area contributed by atoms with Crippen molar-refractivity contribution < 1.29 is 19.9 Å². The van der Waals surface area contributed by atoms with Gasteiger partial charge in [0.1, 0.15) is 12.2 Å². The second-order valence-corrected chi connectivity index (χ2v) is 4.55. The molecule has 9 heteroatoms. The number of nitrogens with one attached hydrogen (secondary N) is 2. The summed E-state index contributed by atoms with van der Waals surface area (Å²) in [4.78, 5) is 20.9. The summed E-state index contributed by atoms with van der Waals surface area (Å²) in [5.41, 5.74) is 0.427. The summed E-state index contributed by atoms with van der Waals surface area (Å²) in [7, 11) is 0. The van der Waals surface area contributed by atoms with Crippen LogP contribution in [0.5, 0.6) is 0 Å². The van der Waals surface area contributed by atoms with Crippen LogP contribution >= 0.6 is 0 Å². The Morgan fingerprint density at radius 3 is 2.86 bits per heavy atom. The largest absolute Gasteiger partial charge is 0.388 e. The molecule has 21 heavy (non-hydrogen) atoms. The molecule has 1 aromatic heterocycles. The number of carbonyl (C=O) groups is 1. The Hall–Kier alpha value is -2.52. The lowest BCUT2D eigenvalue weighted by atomic mass is 10.1. The van der Waals surface area contributed by atoms with E-state index in [2.05, 4.69) is 15.5 Å². The standard InChI is InChI=1S/C12H14N4O5/c1-6(17)13-5-10(18)12(19)11-8-3-2-7(16(20)21)4-9(8)14-15-11/h2-4,10,12,18-19H,5H2,1H3,(H,13,17)(H,14,15). The fraction of sp³-hybridized carbons (Fsp3) is 0.333. The van der Waals surface area contributed by atoms with Crippen molar-refractivity contribution in [2.75, 3.05) is 6.54 Å². The summed E-state index contributed by atoms with van der Waals surface area (Å²) in [6.45, 7) is 1.17. The second kappa shape index (κ2) is 5.85. The number of aliphatic hydroxyl groups excluding tert-OH is 2. The van der Waals surface area contributed by atoms with Gasteiger partial charge in [-0.3, -0.25) is 20.0 Å². The first kappa shape index (κ1) is 14.9. The monoisotopic (exact) mass is 294 g/mol. The van der Waals surface area contributed by atoms with E-state index < -0.39 is 17.1 Å². The summed E-state index contributed by atoms with van der Waals surface area (Å²) in [5, 5.41) is 39.8. The van der Waals surface area contributed by atoms with E-state index in [0.717, 1.165) is 0 Å². The molecule has 0 fully saturated rings. The van der Waals surface area contributed by atoms with E-state index in [-0.39, 0.29) is 23.8 Å². The minimum absolute atomic E-state index is 0.117. The zero-order valence-electron chi connectivity index (χ0n) is 11.1. The number of hydrogen-bond acceptors (Lipinski definition) is 6. The molecule has 0 bridgehead atoms. The molecule has 112 valence electrons. The molecular weight excluding hydrogens is 280 g/mol. The van der Waals surface area contributed by atoms with Crippen LogP contribution < -0.4 is 5.32 Å². The lowest BCUT2D eigenvalue weighted by Crippen LogP contribution is -2.34.